The fourth-order valence-electron chi connectivity index (χ4n) is 1.17. The Bertz CT molecular complexity index is 469. The zero-order valence-corrected chi connectivity index (χ0v) is 10.6. The molecule has 0 aromatic carbocycles. The summed E-state index contributed by atoms with van der Waals surface area (Å²) >= 11 is 0. The monoisotopic (exact) mass is 318 g/mol. The average molecular weight is 318 g/mol. The fourth-order valence-corrected chi connectivity index (χ4v) is 1.94. The summed E-state index contributed by atoms with van der Waals surface area (Å²) in [5.74, 6) is -2.87. The Labute approximate surface area is 112 Å². The van der Waals surface area contributed by atoms with E-state index in [1.807, 2.05) is 0 Å². The summed E-state index contributed by atoms with van der Waals surface area (Å²) in [6.45, 7) is 0. The topological polar surface area (TPSA) is 64.7 Å². The van der Waals surface area contributed by atoms with E-state index in [0.717, 1.165) is 0 Å². The van der Waals surface area contributed by atoms with E-state index in [2.05, 4.69) is 0 Å². The van der Waals surface area contributed by atoms with Crippen LogP contribution in [0.15, 0.2) is 11.9 Å². The van der Waals surface area contributed by atoms with Gasteiger partial charge in [0.15, 0.2) is 5.83 Å². The van der Waals surface area contributed by atoms with Gasteiger partial charge in [0.05, 0.1) is 12.1 Å². The molecular formula is C10H8F6N2OS. The molecule has 0 heterocycles. The van der Waals surface area contributed by atoms with Gasteiger partial charge in [0.1, 0.15) is 16.2 Å². The standard InChI is InChI=1S/C10H8F6N2OS/c11-7(8(12)13)1-2-9(5-17,6-18)3-4-20(19)10(14,15)16/h1-4H2. The third-order valence-corrected chi connectivity index (χ3v) is 3.47. The lowest BCUT2D eigenvalue weighted by Gasteiger charge is -2.17. The van der Waals surface area contributed by atoms with Crippen molar-refractivity contribution >= 4 is 10.8 Å². The molecule has 0 aliphatic rings. The van der Waals surface area contributed by atoms with Gasteiger partial charge in [-0.1, -0.05) is 0 Å². The zero-order valence-electron chi connectivity index (χ0n) is 9.81. The summed E-state index contributed by atoms with van der Waals surface area (Å²) in [7, 11) is -3.27. The largest absolute Gasteiger partial charge is 0.471 e. The van der Waals surface area contributed by atoms with Gasteiger partial charge in [-0.3, -0.25) is 4.21 Å². The Morgan fingerprint density at radius 3 is 1.90 bits per heavy atom. The van der Waals surface area contributed by atoms with E-state index in [-0.39, 0.29) is 0 Å². The molecule has 0 aromatic heterocycles. The molecule has 112 valence electrons. The SMILES string of the molecule is N#CC(C#N)(CCC(F)=C(F)F)CCS(=O)C(F)(F)F. The van der Waals surface area contributed by atoms with E-state index in [4.69, 9.17) is 10.5 Å². The first-order valence-corrected chi connectivity index (χ1v) is 6.37. The van der Waals surface area contributed by atoms with E-state index in [0.29, 0.717) is 0 Å². The van der Waals surface area contributed by atoms with Gasteiger partial charge in [0.25, 0.3) is 0 Å². The van der Waals surface area contributed by atoms with Crippen molar-refractivity contribution < 1.29 is 30.6 Å². The van der Waals surface area contributed by atoms with Gasteiger partial charge in [0.2, 0.25) is 0 Å². The lowest BCUT2D eigenvalue weighted by atomic mass is 9.83. The van der Waals surface area contributed by atoms with Crippen molar-refractivity contribution in [3.8, 4) is 12.1 Å². The number of hydrogen-bond donors (Lipinski definition) is 0. The molecule has 1 atom stereocenters. The molecule has 10 heteroatoms. The lowest BCUT2D eigenvalue weighted by Crippen LogP contribution is -2.25. The minimum atomic E-state index is -4.99. The van der Waals surface area contributed by atoms with E-state index in [1.165, 1.54) is 12.1 Å². The molecule has 0 amide bonds. The van der Waals surface area contributed by atoms with Crippen LogP contribution in [-0.2, 0) is 10.8 Å². The van der Waals surface area contributed by atoms with Crippen molar-refractivity contribution in [3.05, 3.63) is 11.9 Å². The molecule has 0 aromatic rings. The Morgan fingerprint density at radius 2 is 1.55 bits per heavy atom. The van der Waals surface area contributed by atoms with Gasteiger partial charge in [0, 0.05) is 12.2 Å². The molecule has 3 nitrogen and oxygen atoms in total. The smallest absolute Gasteiger partial charge is 0.251 e. The van der Waals surface area contributed by atoms with Crippen molar-refractivity contribution in [1.82, 2.24) is 0 Å². The molecule has 20 heavy (non-hydrogen) atoms. The van der Waals surface area contributed by atoms with Gasteiger partial charge < -0.3 is 0 Å². The second-order valence-corrected chi connectivity index (χ2v) is 5.28. The van der Waals surface area contributed by atoms with E-state index < -0.39 is 58.6 Å². The van der Waals surface area contributed by atoms with Crippen LogP contribution in [0.5, 0.6) is 0 Å². The first-order valence-electron chi connectivity index (χ1n) is 5.05. The summed E-state index contributed by atoms with van der Waals surface area (Å²) in [6, 6.07) is 2.74. The molecule has 0 aliphatic carbocycles. The number of nitrogens with zero attached hydrogens (tertiary/aromatic N) is 2. The van der Waals surface area contributed by atoms with Gasteiger partial charge in [-0.05, 0) is 12.8 Å². The van der Waals surface area contributed by atoms with Crippen molar-refractivity contribution in [3.63, 3.8) is 0 Å². The Hall–Kier alpha value is -1.55. The Balaban J connectivity index is 4.82. The molecule has 0 radical (unpaired) electrons. The molecular weight excluding hydrogens is 310 g/mol. The average Bonchev–Trinajstić information content (AvgIpc) is 2.37. The van der Waals surface area contributed by atoms with Crippen molar-refractivity contribution in [1.29, 1.82) is 10.5 Å². The van der Waals surface area contributed by atoms with Crippen LogP contribution in [0, 0.1) is 28.1 Å². The Kier molecular flexibility index (Phi) is 6.73. The number of allylic oxidation sites excluding steroid dienone is 1. The summed E-state index contributed by atoms with van der Waals surface area (Å²) in [5.41, 5.74) is -7.08. The van der Waals surface area contributed by atoms with Gasteiger partial charge in [-0.2, -0.15) is 32.5 Å². The highest BCUT2D eigenvalue weighted by molar-refractivity contribution is 7.85. The minimum Gasteiger partial charge on any atom is -0.251 e. The van der Waals surface area contributed by atoms with Crippen molar-refractivity contribution in [2.45, 2.75) is 24.8 Å². The second kappa shape index (κ2) is 7.29. The van der Waals surface area contributed by atoms with Crippen LogP contribution in [0.1, 0.15) is 19.3 Å². The number of hydrogen-bond acceptors (Lipinski definition) is 3. The van der Waals surface area contributed by atoms with Crippen molar-refractivity contribution in [2.24, 2.45) is 5.41 Å². The highest BCUT2D eigenvalue weighted by Gasteiger charge is 2.39. The Morgan fingerprint density at radius 1 is 1.05 bits per heavy atom. The molecule has 0 fully saturated rings. The number of alkyl halides is 3. The summed E-state index contributed by atoms with van der Waals surface area (Å²) in [5, 5.41) is 17.5. The van der Waals surface area contributed by atoms with Gasteiger partial charge in [-0.15, -0.1) is 0 Å². The molecule has 0 N–H and O–H groups in total. The van der Waals surface area contributed by atoms with Crippen LogP contribution < -0.4 is 0 Å². The van der Waals surface area contributed by atoms with Crippen LogP contribution in [-0.4, -0.2) is 15.5 Å². The van der Waals surface area contributed by atoms with Crippen LogP contribution in [0.25, 0.3) is 0 Å². The number of rotatable bonds is 6. The predicted molar refractivity (Wildman–Crippen MR) is 56.9 cm³/mol. The molecule has 1 unspecified atom stereocenters. The highest BCUT2D eigenvalue weighted by atomic mass is 32.2. The molecule has 0 bridgehead atoms. The highest BCUT2D eigenvalue weighted by Crippen LogP contribution is 2.32. The summed E-state index contributed by atoms with van der Waals surface area (Å²) in [6.07, 6.45) is -5.04. The normalized spacial score (nSPS) is 13.2. The number of nitriles is 2. The maximum Gasteiger partial charge on any atom is 0.471 e. The van der Waals surface area contributed by atoms with Crippen LogP contribution in [0.2, 0.25) is 0 Å². The first-order chi connectivity index (χ1) is 9.08. The lowest BCUT2D eigenvalue weighted by molar-refractivity contribution is -0.0385. The molecule has 0 rings (SSSR count). The van der Waals surface area contributed by atoms with Crippen LogP contribution in [0.4, 0.5) is 26.3 Å². The molecule has 0 saturated carbocycles. The molecule has 0 spiro atoms. The number of halogens is 6. The zero-order chi connectivity index (χ0) is 16.0. The van der Waals surface area contributed by atoms with E-state index >= 15 is 0 Å². The van der Waals surface area contributed by atoms with Crippen LogP contribution in [0.3, 0.4) is 0 Å². The maximum absolute atomic E-state index is 12.6. The fraction of sp³-hybridized carbons (Fsp3) is 0.600. The second-order valence-electron chi connectivity index (χ2n) is 3.72. The van der Waals surface area contributed by atoms with E-state index in [1.54, 1.807) is 0 Å². The van der Waals surface area contributed by atoms with Crippen LogP contribution >= 0.6 is 0 Å². The third kappa shape index (κ3) is 5.61. The first kappa shape index (κ1) is 18.4. The quantitative estimate of drug-likeness (QED) is 0.704. The summed E-state index contributed by atoms with van der Waals surface area (Å²) in [4.78, 5) is 0. The molecule has 0 saturated heterocycles. The minimum absolute atomic E-state index is 0.710. The third-order valence-electron chi connectivity index (χ3n) is 2.38. The van der Waals surface area contributed by atoms with Gasteiger partial charge in [-0.25, -0.2) is 4.39 Å². The molecule has 0 aliphatic heterocycles. The van der Waals surface area contributed by atoms with Crippen molar-refractivity contribution in [2.75, 3.05) is 5.75 Å². The maximum atomic E-state index is 12.6. The van der Waals surface area contributed by atoms with E-state index in [9.17, 15) is 30.6 Å². The summed E-state index contributed by atoms with van der Waals surface area (Å²) < 4.78 is 83.0. The van der Waals surface area contributed by atoms with Gasteiger partial charge >= 0.3 is 11.6 Å². The predicted octanol–water partition coefficient (Wildman–Crippen LogP) is 3.54.